The molecule has 109 valence electrons. The lowest BCUT2D eigenvalue weighted by Gasteiger charge is -2.20. The number of rotatable bonds is 5. The Labute approximate surface area is 135 Å². The van der Waals surface area contributed by atoms with Gasteiger partial charge in [0.25, 0.3) is 0 Å². The predicted octanol–water partition coefficient (Wildman–Crippen LogP) is 4.10. The second-order valence-corrected chi connectivity index (χ2v) is 8.25. The quantitative estimate of drug-likeness (QED) is 0.622. The Morgan fingerprint density at radius 3 is 1.50 bits per heavy atom. The van der Waals surface area contributed by atoms with Gasteiger partial charge in [0.1, 0.15) is 8.80 Å². The highest BCUT2D eigenvalue weighted by atomic mass is 28.3. The lowest BCUT2D eigenvalue weighted by molar-refractivity contribution is 0.857. The van der Waals surface area contributed by atoms with Crippen LogP contribution in [-0.4, -0.2) is 8.80 Å². The summed E-state index contributed by atoms with van der Waals surface area (Å²) in [6, 6.07) is 34.1. The molecule has 0 spiro atoms. The highest BCUT2D eigenvalue weighted by Gasteiger charge is 2.20. The number of hydrogen-bond acceptors (Lipinski definition) is 0. The Balaban J connectivity index is 1.90. The van der Waals surface area contributed by atoms with E-state index in [4.69, 9.17) is 0 Å². The molecule has 0 aliphatic rings. The average Bonchev–Trinajstić information content (AvgIpc) is 2.62. The van der Waals surface area contributed by atoms with Crippen molar-refractivity contribution in [3.8, 4) is 0 Å². The van der Waals surface area contributed by atoms with E-state index >= 15 is 0 Å². The summed E-state index contributed by atoms with van der Waals surface area (Å²) in [5, 5.41) is 3.00. The maximum absolute atomic E-state index is 2.35. The molecular weight excluding hydrogens is 280 g/mol. The summed E-state index contributed by atoms with van der Waals surface area (Å²) in [7, 11) is -0.746. The molecule has 0 fully saturated rings. The second kappa shape index (κ2) is 7.23. The van der Waals surface area contributed by atoms with E-state index in [9.17, 15) is 0 Å². The van der Waals surface area contributed by atoms with E-state index in [-0.39, 0.29) is 0 Å². The summed E-state index contributed by atoms with van der Waals surface area (Å²) in [5.74, 6) is 0.579. The van der Waals surface area contributed by atoms with Crippen molar-refractivity contribution in [2.24, 2.45) is 0 Å². The maximum atomic E-state index is 2.35. The van der Waals surface area contributed by atoms with Crippen molar-refractivity contribution in [3.05, 3.63) is 96.6 Å². The molecule has 0 amide bonds. The Morgan fingerprint density at radius 2 is 1.05 bits per heavy atom. The van der Waals surface area contributed by atoms with Crippen molar-refractivity contribution in [2.45, 2.75) is 18.9 Å². The van der Waals surface area contributed by atoms with Crippen LogP contribution in [0.4, 0.5) is 0 Å². The molecule has 1 atom stereocenters. The molecule has 3 aromatic carbocycles. The zero-order valence-electron chi connectivity index (χ0n) is 12.9. The van der Waals surface area contributed by atoms with Crippen molar-refractivity contribution in [1.29, 1.82) is 0 Å². The first-order valence-corrected chi connectivity index (χ1v) is 9.57. The SMILES string of the molecule is C[C@H](C[Si](c1ccccc1)c1ccccc1)c1ccccc1. The molecular formula is C21H21Si. The minimum absolute atomic E-state index is 0.579. The third-order valence-corrected chi connectivity index (χ3v) is 7.20. The van der Waals surface area contributed by atoms with Gasteiger partial charge in [0.15, 0.2) is 0 Å². The van der Waals surface area contributed by atoms with Gasteiger partial charge < -0.3 is 0 Å². The van der Waals surface area contributed by atoms with E-state index in [1.54, 1.807) is 0 Å². The third kappa shape index (κ3) is 3.55. The Morgan fingerprint density at radius 1 is 0.636 bits per heavy atom. The van der Waals surface area contributed by atoms with Crippen LogP contribution in [0, 0.1) is 0 Å². The summed E-state index contributed by atoms with van der Waals surface area (Å²) in [6.07, 6.45) is 0. The molecule has 0 aliphatic carbocycles. The van der Waals surface area contributed by atoms with Crippen molar-refractivity contribution in [1.82, 2.24) is 0 Å². The minimum Gasteiger partial charge on any atom is -0.0628 e. The summed E-state index contributed by atoms with van der Waals surface area (Å²) >= 11 is 0. The van der Waals surface area contributed by atoms with Gasteiger partial charge in [0.2, 0.25) is 0 Å². The Hall–Kier alpha value is -2.12. The van der Waals surface area contributed by atoms with Crippen molar-refractivity contribution in [2.75, 3.05) is 0 Å². The first-order valence-electron chi connectivity index (χ1n) is 7.86. The average molecular weight is 301 g/mol. The van der Waals surface area contributed by atoms with Crippen LogP contribution in [0.25, 0.3) is 0 Å². The van der Waals surface area contributed by atoms with E-state index in [0.717, 1.165) is 0 Å². The standard InChI is InChI=1S/C21H21Si/c1-18(19-11-5-2-6-12-19)17-22(20-13-7-3-8-14-20)21-15-9-4-10-16-21/h2-16,18H,17H2,1H3/t18-/m1/s1. The normalized spacial score (nSPS) is 12.3. The van der Waals surface area contributed by atoms with E-state index in [1.807, 2.05) is 0 Å². The van der Waals surface area contributed by atoms with Crippen LogP contribution in [0.1, 0.15) is 18.4 Å². The number of benzene rings is 3. The van der Waals surface area contributed by atoms with Crippen LogP contribution in [0.15, 0.2) is 91.0 Å². The van der Waals surface area contributed by atoms with Gasteiger partial charge in [-0.25, -0.2) is 0 Å². The molecule has 0 bridgehead atoms. The highest BCUT2D eigenvalue weighted by Crippen LogP contribution is 2.21. The van der Waals surface area contributed by atoms with Crippen LogP contribution in [0.5, 0.6) is 0 Å². The first kappa shape index (κ1) is 14.8. The van der Waals surface area contributed by atoms with Crippen LogP contribution in [-0.2, 0) is 0 Å². The fourth-order valence-electron chi connectivity index (χ4n) is 2.89. The third-order valence-electron chi connectivity index (χ3n) is 4.12. The molecule has 0 saturated heterocycles. The lowest BCUT2D eigenvalue weighted by atomic mass is 10.0. The minimum atomic E-state index is -0.746. The van der Waals surface area contributed by atoms with Crippen LogP contribution in [0.2, 0.25) is 6.04 Å². The van der Waals surface area contributed by atoms with E-state index < -0.39 is 8.80 Å². The topological polar surface area (TPSA) is 0 Å². The fraction of sp³-hybridized carbons (Fsp3) is 0.143. The second-order valence-electron chi connectivity index (χ2n) is 5.73. The maximum Gasteiger partial charge on any atom is 0.122 e. The van der Waals surface area contributed by atoms with Crippen LogP contribution >= 0.6 is 0 Å². The lowest BCUT2D eigenvalue weighted by Crippen LogP contribution is -2.42. The summed E-state index contributed by atoms with van der Waals surface area (Å²) < 4.78 is 0. The zero-order valence-corrected chi connectivity index (χ0v) is 13.9. The Kier molecular flexibility index (Phi) is 4.87. The van der Waals surface area contributed by atoms with Gasteiger partial charge in [-0.15, -0.1) is 0 Å². The molecule has 22 heavy (non-hydrogen) atoms. The van der Waals surface area contributed by atoms with Crippen molar-refractivity contribution < 1.29 is 0 Å². The van der Waals surface area contributed by atoms with Gasteiger partial charge in [-0.3, -0.25) is 0 Å². The van der Waals surface area contributed by atoms with Crippen molar-refractivity contribution >= 4 is 19.2 Å². The van der Waals surface area contributed by atoms with Gasteiger partial charge in [0, 0.05) is 0 Å². The summed E-state index contributed by atoms with van der Waals surface area (Å²) in [5.41, 5.74) is 1.44. The predicted molar refractivity (Wildman–Crippen MR) is 97.6 cm³/mol. The zero-order chi connectivity index (χ0) is 15.2. The molecule has 0 saturated carbocycles. The first-order chi connectivity index (χ1) is 10.8. The van der Waals surface area contributed by atoms with E-state index in [0.29, 0.717) is 5.92 Å². The summed E-state index contributed by atoms with van der Waals surface area (Å²) in [4.78, 5) is 0. The summed E-state index contributed by atoms with van der Waals surface area (Å²) in [6.45, 7) is 2.35. The van der Waals surface area contributed by atoms with Gasteiger partial charge in [-0.2, -0.15) is 0 Å². The van der Waals surface area contributed by atoms with Gasteiger partial charge >= 0.3 is 0 Å². The molecule has 0 aromatic heterocycles. The van der Waals surface area contributed by atoms with E-state index in [1.165, 1.54) is 22.0 Å². The molecule has 3 rings (SSSR count). The van der Waals surface area contributed by atoms with Gasteiger partial charge in [-0.05, 0) is 17.5 Å². The molecule has 3 aromatic rings. The molecule has 0 N–H and O–H groups in total. The van der Waals surface area contributed by atoms with Crippen LogP contribution in [0.3, 0.4) is 0 Å². The van der Waals surface area contributed by atoms with E-state index in [2.05, 4.69) is 97.9 Å². The molecule has 0 unspecified atom stereocenters. The molecule has 0 aliphatic heterocycles. The molecule has 1 heteroatoms. The van der Waals surface area contributed by atoms with Crippen LogP contribution < -0.4 is 10.4 Å². The number of hydrogen-bond donors (Lipinski definition) is 0. The molecule has 0 nitrogen and oxygen atoms in total. The molecule has 0 heterocycles. The van der Waals surface area contributed by atoms with Gasteiger partial charge in [0.05, 0.1) is 0 Å². The van der Waals surface area contributed by atoms with Gasteiger partial charge in [-0.1, -0.05) is 108 Å². The highest BCUT2D eigenvalue weighted by molar-refractivity contribution is 6.85. The monoisotopic (exact) mass is 301 g/mol. The Bertz CT molecular complexity index is 637. The van der Waals surface area contributed by atoms with Crippen molar-refractivity contribution in [3.63, 3.8) is 0 Å². The fourth-order valence-corrected chi connectivity index (χ4v) is 5.73. The smallest absolute Gasteiger partial charge is 0.0628 e. The largest absolute Gasteiger partial charge is 0.122 e. The molecule has 1 radical (unpaired) electrons.